The highest BCUT2D eigenvalue weighted by atomic mass is 32.2. The summed E-state index contributed by atoms with van der Waals surface area (Å²) in [5, 5.41) is 18.5. The molecule has 2 saturated heterocycles. The molecule has 2 aliphatic heterocycles. The number of rotatable bonds is 11. The highest BCUT2D eigenvalue weighted by Gasteiger charge is 2.53. The Hall–Kier alpha value is -5.34. The van der Waals surface area contributed by atoms with E-state index in [2.05, 4.69) is 25.9 Å². The molecule has 2 aliphatic rings. The molecule has 0 bridgehead atoms. The number of nitrogens with zero attached hydrogens (tertiary/aromatic N) is 6. The number of ether oxygens (including phenoxy) is 5. The summed E-state index contributed by atoms with van der Waals surface area (Å²) in [6, 6.07) is 7.03. The van der Waals surface area contributed by atoms with E-state index in [1.165, 1.54) is 45.7 Å². The van der Waals surface area contributed by atoms with Crippen LogP contribution in [0.25, 0.3) is 22.5 Å². The molecule has 56 heavy (non-hydrogen) atoms. The van der Waals surface area contributed by atoms with Crippen LogP contribution in [-0.4, -0.2) is 115 Å². The third-order valence-corrected chi connectivity index (χ3v) is 12.8. The van der Waals surface area contributed by atoms with Crippen LogP contribution in [0.5, 0.6) is 0 Å². The molecule has 6 rings (SSSR count). The van der Waals surface area contributed by atoms with Crippen LogP contribution < -0.4 is 5.32 Å². The molecule has 2 fully saturated rings. The van der Waals surface area contributed by atoms with E-state index in [4.69, 9.17) is 23.7 Å². The van der Waals surface area contributed by atoms with Crippen molar-refractivity contribution in [2.75, 3.05) is 38.0 Å². The molecule has 2 aromatic carbocycles. The van der Waals surface area contributed by atoms with Crippen molar-refractivity contribution in [3.8, 4) is 22.5 Å². The van der Waals surface area contributed by atoms with Gasteiger partial charge in [-0.25, -0.2) is 33.4 Å². The summed E-state index contributed by atoms with van der Waals surface area (Å²) in [4.78, 5) is 49.4. The number of nitrogens with one attached hydrogen (secondary N) is 1. The molecule has 1 N–H and O–H groups in total. The minimum Gasteiger partial charge on any atom is -0.465 e. The maximum atomic E-state index is 14.2. The summed E-state index contributed by atoms with van der Waals surface area (Å²) >= 11 is 0. The van der Waals surface area contributed by atoms with Crippen molar-refractivity contribution in [2.24, 2.45) is 0 Å². The normalized spacial score (nSPS) is 25.6. The minimum absolute atomic E-state index is 0.00362. The Labute approximate surface area is 321 Å². The average Bonchev–Trinajstić information content (AvgIpc) is 3.83. The number of aromatic nitrogens is 6. The van der Waals surface area contributed by atoms with Gasteiger partial charge in [-0.1, -0.05) is 22.6 Å². The second-order valence-corrected chi connectivity index (χ2v) is 16.1. The Morgan fingerprint density at radius 1 is 0.857 bits per heavy atom. The van der Waals surface area contributed by atoms with Crippen LogP contribution in [0.1, 0.15) is 39.8 Å². The number of anilines is 1. The van der Waals surface area contributed by atoms with Gasteiger partial charge >= 0.3 is 17.9 Å². The number of amides is 1. The molecule has 8 atom stereocenters. The van der Waals surface area contributed by atoms with Gasteiger partial charge in [-0.15, -0.1) is 10.2 Å². The number of hydrogen-bond acceptors (Lipinski definition) is 13. The Bertz CT molecular complexity index is 2080. The number of benzene rings is 2. The Kier molecular flexibility index (Phi) is 12.4. The zero-order valence-electron chi connectivity index (χ0n) is 30.9. The van der Waals surface area contributed by atoms with Gasteiger partial charge in [0.05, 0.1) is 42.2 Å². The number of thiol groups is 1. The Balaban J connectivity index is 1.37. The Morgan fingerprint density at radius 2 is 1.50 bits per heavy atom. The van der Waals surface area contributed by atoms with Crippen molar-refractivity contribution in [1.82, 2.24) is 30.0 Å². The van der Waals surface area contributed by atoms with Gasteiger partial charge in [0.25, 0.3) is 0 Å². The fourth-order valence-electron chi connectivity index (χ4n) is 7.13. The van der Waals surface area contributed by atoms with Crippen molar-refractivity contribution < 1.29 is 56.0 Å². The van der Waals surface area contributed by atoms with E-state index in [-0.39, 0.29) is 42.7 Å². The van der Waals surface area contributed by atoms with Gasteiger partial charge in [0.1, 0.15) is 42.3 Å². The lowest BCUT2D eigenvalue weighted by molar-refractivity contribution is -0.154. The van der Waals surface area contributed by atoms with Gasteiger partial charge in [0.2, 0.25) is 5.91 Å². The quantitative estimate of drug-likeness (QED) is 0.0971. The van der Waals surface area contributed by atoms with Crippen LogP contribution >= 0.6 is 10.9 Å². The maximum Gasteiger partial charge on any atom is 0.303 e. The topological polar surface area (TPSA) is 188 Å². The van der Waals surface area contributed by atoms with Crippen LogP contribution in [0.4, 0.5) is 18.9 Å². The van der Waals surface area contributed by atoms with Crippen molar-refractivity contribution >= 4 is 40.4 Å². The molecule has 4 aromatic rings. The van der Waals surface area contributed by atoms with E-state index in [1.54, 1.807) is 35.1 Å². The summed E-state index contributed by atoms with van der Waals surface area (Å²) in [7, 11) is -0.0370. The monoisotopic (exact) mass is 803 g/mol. The van der Waals surface area contributed by atoms with E-state index in [0.29, 0.717) is 16.9 Å². The average molecular weight is 804 g/mol. The number of esters is 3. The molecule has 4 heterocycles. The number of halogens is 3. The van der Waals surface area contributed by atoms with E-state index in [9.17, 15) is 32.3 Å². The third kappa shape index (κ3) is 8.87. The lowest BCUT2D eigenvalue weighted by Crippen LogP contribution is -2.57. The minimum atomic E-state index is -1.64. The summed E-state index contributed by atoms with van der Waals surface area (Å²) in [5.41, 5.74) is 1.62. The lowest BCUT2D eigenvalue weighted by atomic mass is 10.0. The first-order valence-corrected chi connectivity index (χ1v) is 19.1. The van der Waals surface area contributed by atoms with E-state index in [1.807, 2.05) is 0 Å². The molecule has 0 spiro atoms. The highest BCUT2D eigenvalue weighted by molar-refractivity contribution is 8.18. The van der Waals surface area contributed by atoms with E-state index in [0.717, 1.165) is 12.1 Å². The van der Waals surface area contributed by atoms with Crippen LogP contribution in [0.2, 0.25) is 0 Å². The van der Waals surface area contributed by atoms with E-state index < -0.39 is 87.2 Å². The SMILES string of the molecule is CO[C@H]1C[SH]([C@@H]2COC[C@H](n3cc(-c4cccc(NC(C)=O)c4)nn3)[C@H]2OC(C)=O)[C@H](COC(C)=O)[C@H](OC(C)=O)[C@H]1n1cc(-c2cc(F)c(F)c(F)c2)nn1. The molecule has 300 valence electrons. The zero-order chi connectivity index (χ0) is 40.3. The van der Waals surface area contributed by atoms with Gasteiger partial charge in [0.15, 0.2) is 17.5 Å². The summed E-state index contributed by atoms with van der Waals surface area (Å²) in [6.07, 6.45) is 0.371. The van der Waals surface area contributed by atoms with Gasteiger partial charge in [-0.2, -0.15) is 0 Å². The summed E-state index contributed by atoms with van der Waals surface area (Å²) < 4.78 is 74.7. The van der Waals surface area contributed by atoms with Crippen LogP contribution in [0, 0.1) is 17.5 Å². The zero-order valence-corrected chi connectivity index (χ0v) is 31.8. The number of carbonyl (C=O) groups excluding carboxylic acids is 4. The second-order valence-electron chi connectivity index (χ2n) is 13.3. The van der Waals surface area contributed by atoms with Crippen LogP contribution in [0.3, 0.4) is 0 Å². The molecule has 0 saturated carbocycles. The van der Waals surface area contributed by atoms with Gasteiger partial charge < -0.3 is 29.0 Å². The predicted octanol–water partition coefficient (Wildman–Crippen LogP) is 3.59. The van der Waals surface area contributed by atoms with Crippen molar-refractivity contribution in [2.45, 2.75) is 68.6 Å². The fourth-order valence-corrected chi connectivity index (χ4v) is 10.8. The largest absolute Gasteiger partial charge is 0.465 e. The molecular weight excluding hydrogens is 763 g/mol. The lowest BCUT2D eigenvalue weighted by Gasteiger charge is -2.52. The van der Waals surface area contributed by atoms with Crippen molar-refractivity contribution in [1.29, 1.82) is 0 Å². The molecule has 1 unspecified atom stereocenters. The van der Waals surface area contributed by atoms with Gasteiger partial charge in [0, 0.05) is 57.4 Å². The molecule has 2 aromatic heterocycles. The third-order valence-electron chi connectivity index (χ3n) is 9.46. The smallest absolute Gasteiger partial charge is 0.303 e. The first-order valence-electron chi connectivity index (χ1n) is 17.4. The second kappa shape index (κ2) is 17.2. The maximum absolute atomic E-state index is 14.2. The summed E-state index contributed by atoms with van der Waals surface area (Å²) in [6.45, 7) is 5.13. The predicted molar refractivity (Wildman–Crippen MR) is 194 cm³/mol. The first-order chi connectivity index (χ1) is 26.7. The number of methoxy groups -OCH3 is 1. The molecule has 0 radical (unpaired) electrons. The van der Waals surface area contributed by atoms with Crippen molar-refractivity contribution in [3.05, 3.63) is 66.2 Å². The molecule has 16 nitrogen and oxygen atoms in total. The first kappa shape index (κ1) is 40.3. The molecule has 0 aliphatic carbocycles. The molecular formula is C36H40F3N7O9S. The van der Waals surface area contributed by atoms with E-state index >= 15 is 0 Å². The van der Waals surface area contributed by atoms with Crippen LogP contribution in [0.15, 0.2) is 48.8 Å². The molecule has 20 heteroatoms. The van der Waals surface area contributed by atoms with Crippen LogP contribution in [-0.2, 0) is 42.9 Å². The summed E-state index contributed by atoms with van der Waals surface area (Å²) in [5.74, 6) is -6.27. The highest BCUT2D eigenvalue weighted by Crippen LogP contribution is 2.53. The standard InChI is InChI=1S/C36H40F3N7O9S/c1-18(47)40-24-8-6-7-22(9-24)27-12-45(43-41-27)29-14-52-15-31(35(29)54-20(3)49)56-17-30(51-5)34(36(55-21(4)50)32(56)16-53-19(2)48)46-13-28(42-44-46)23-10-25(37)33(39)26(38)11-23/h6-13,29-32,34-36,56H,14-17H2,1-5H3,(H,40,47)/t29-,30-,31+,32+,34-,35+,36-/m0/s1. The van der Waals surface area contributed by atoms with Gasteiger partial charge in [-0.3, -0.25) is 19.2 Å². The van der Waals surface area contributed by atoms with Crippen molar-refractivity contribution in [3.63, 3.8) is 0 Å². The fraction of sp³-hybridized carbons (Fsp3) is 0.444. The molecule has 1 amide bonds. The number of carbonyl (C=O) groups is 4. The Morgan fingerprint density at radius 3 is 2.14 bits per heavy atom. The number of hydrogen-bond donors (Lipinski definition) is 2. The van der Waals surface area contributed by atoms with Gasteiger partial charge in [-0.05, 0) is 24.3 Å².